The minimum Gasteiger partial charge on any atom is -0.508 e. The number of phenols is 1. The van der Waals surface area contributed by atoms with Gasteiger partial charge in [0.15, 0.2) is 11.4 Å². The summed E-state index contributed by atoms with van der Waals surface area (Å²) in [5, 5.41) is 43.7. The van der Waals surface area contributed by atoms with Gasteiger partial charge in [-0.25, -0.2) is 0 Å². The number of amides is 1. The first-order valence-corrected chi connectivity index (χ1v) is 12.5. The van der Waals surface area contributed by atoms with Crippen molar-refractivity contribution in [2.45, 2.75) is 69.8 Å². The maximum absolute atomic E-state index is 13.5. The highest BCUT2D eigenvalue weighted by atomic mass is 16.3. The van der Waals surface area contributed by atoms with Gasteiger partial charge in [0, 0.05) is 17.9 Å². The summed E-state index contributed by atoms with van der Waals surface area (Å²) < 4.78 is 0. The molecule has 0 bridgehead atoms. The molecular weight excluding hydrogens is 450 g/mol. The van der Waals surface area contributed by atoms with Crippen LogP contribution in [0.5, 0.6) is 5.75 Å². The number of primary amides is 1. The average Bonchev–Trinajstić information content (AvgIpc) is 2.81. The molecule has 6 N–H and O–H groups in total. The molecule has 0 unspecified atom stereocenters. The van der Waals surface area contributed by atoms with Crippen molar-refractivity contribution in [1.82, 2.24) is 0 Å². The second-order valence-corrected chi connectivity index (χ2v) is 10.5. The van der Waals surface area contributed by atoms with Crippen molar-refractivity contribution < 1.29 is 34.8 Å². The molecule has 1 amide bonds. The third-order valence-electron chi connectivity index (χ3n) is 8.59. The molecule has 35 heavy (non-hydrogen) atoms. The molecule has 186 valence electrons. The van der Waals surface area contributed by atoms with E-state index in [9.17, 15) is 34.8 Å². The third kappa shape index (κ3) is 3.57. The number of aryl methyl sites for hydroxylation is 1. The van der Waals surface area contributed by atoms with Crippen molar-refractivity contribution in [3.05, 3.63) is 45.7 Å². The van der Waals surface area contributed by atoms with Gasteiger partial charge < -0.3 is 26.2 Å². The van der Waals surface area contributed by atoms with Gasteiger partial charge in [-0.1, -0.05) is 38.2 Å². The number of carbonyl (C=O) groups is 3. The molecule has 5 rings (SSSR count). The second kappa shape index (κ2) is 8.52. The number of carbonyl (C=O) groups excluding carboxylic acids is 3. The number of phenolic OH excluding ortho intramolecular Hbond substituents is 1. The van der Waals surface area contributed by atoms with Crippen molar-refractivity contribution in [2.75, 3.05) is 0 Å². The number of hydrogen-bond donors (Lipinski definition) is 5. The monoisotopic (exact) mass is 481 g/mol. The molecule has 1 aromatic carbocycles. The van der Waals surface area contributed by atoms with E-state index in [1.165, 1.54) is 38.2 Å². The Morgan fingerprint density at radius 3 is 2.46 bits per heavy atom. The van der Waals surface area contributed by atoms with Crippen LogP contribution in [0.1, 0.15) is 68.1 Å². The van der Waals surface area contributed by atoms with Gasteiger partial charge in [0.2, 0.25) is 5.78 Å². The van der Waals surface area contributed by atoms with Gasteiger partial charge in [-0.15, -0.1) is 0 Å². The zero-order valence-electron chi connectivity index (χ0n) is 19.5. The summed E-state index contributed by atoms with van der Waals surface area (Å²) in [6, 6.07) is 3.38. The number of benzene rings is 1. The number of ketones is 2. The summed E-state index contributed by atoms with van der Waals surface area (Å²) >= 11 is 0. The number of aromatic hydroxyl groups is 1. The molecule has 0 spiro atoms. The lowest BCUT2D eigenvalue weighted by Gasteiger charge is -2.46. The van der Waals surface area contributed by atoms with Gasteiger partial charge in [-0.05, 0) is 54.7 Å². The smallest absolute Gasteiger partial charge is 0.255 e. The quantitative estimate of drug-likeness (QED) is 0.414. The molecule has 2 fully saturated rings. The molecule has 4 aliphatic carbocycles. The minimum atomic E-state index is -2.52. The van der Waals surface area contributed by atoms with E-state index in [1.54, 1.807) is 0 Å². The van der Waals surface area contributed by atoms with Crippen molar-refractivity contribution in [3.8, 4) is 5.75 Å². The number of aliphatic hydroxyl groups is 3. The van der Waals surface area contributed by atoms with Crippen LogP contribution in [0.3, 0.4) is 0 Å². The first kappa shape index (κ1) is 23.6. The van der Waals surface area contributed by atoms with E-state index in [2.05, 4.69) is 0 Å². The Hall–Kier alpha value is -3.13. The van der Waals surface area contributed by atoms with Crippen LogP contribution in [-0.2, 0) is 27.2 Å². The number of rotatable bonds is 4. The fraction of sp³-hybridized carbons (Fsp3) is 0.519. The number of Topliss-reactive ketones (excluding diaryl/α,β-unsaturated/α-hetero) is 2. The van der Waals surface area contributed by atoms with E-state index in [0.717, 1.165) is 24.0 Å². The van der Waals surface area contributed by atoms with Crippen LogP contribution >= 0.6 is 0 Å². The van der Waals surface area contributed by atoms with E-state index >= 15 is 0 Å². The van der Waals surface area contributed by atoms with E-state index in [0.29, 0.717) is 12.3 Å². The lowest BCUT2D eigenvalue weighted by molar-refractivity contribution is -0.147. The summed E-state index contributed by atoms with van der Waals surface area (Å²) in [6.07, 6.45) is 8.23. The van der Waals surface area contributed by atoms with Crippen LogP contribution in [0.25, 0.3) is 5.76 Å². The van der Waals surface area contributed by atoms with Crippen LogP contribution < -0.4 is 5.73 Å². The topological polar surface area (TPSA) is 158 Å². The Balaban J connectivity index is 1.55. The van der Waals surface area contributed by atoms with Crippen LogP contribution in [0.4, 0.5) is 0 Å². The highest BCUT2D eigenvalue weighted by molar-refractivity contribution is 6.22. The Morgan fingerprint density at radius 2 is 1.77 bits per heavy atom. The molecule has 1 aromatic rings. The van der Waals surface area contributed by atoms with E-state index < -0.39 is 52.0 Å². The first-order chi connectivity index (χ1) is 16.6. The minimum absolute atomic E-state index is 0.0966. The zero-order valence-corrected chi connectivity index (χ0v) is 19.5. The summed E-state index contributed by atoms with van der Waals surface area (Å²) in [6.45, 7) is 0. The summed E-state index contributed by atoms with van der Waals surface area (Å²) in [5.41, 5.74) is 3.80. The number of fused-ring (bicyclic) bond motifs is 3. The number of nitrogens with two attached hydrogens (primary N) is 1. The third-order valence-corrected chi connectivity index (χ3v) is 8.59. The molecule has 8 heteroatoms. The SMILES string of the molecule is NC(=O)C1=C(O)[C@@]2(O)C(=O)C3=C(O)c4c(O)ccc(CCC5CCCCC5)c4C[C@H]3C[C@H]2CC1=O. The van der Waals surface area contributed by atoms with Gasteiger partial charge in [0.25, 0.3) is 5.91 Å². The summed E-state index contributed by atoms with van der Waals surface area (Å²) in [7, 11) is 0. The van der Waals surface area contributed by atoms with Crippen LogP contribution in [0, 0.1) is 17.8 Å². The highest BCUT2D eigenvalue weighted by Crippen LogP contribution is 2.52. The predicted octanol–water partition coefficient (Wildman–Crippen LogP) is 2.94. The van der Waals surface area contributed by atoms with E-state index in [-0.39, 0.29) is 29.7 Å². The van der Waals surface area contributed by atoms with Crippen LogP contribution in [0.15, 0.2) is 29.0 Å². The Bertz CT molecular complexity index is 1190. The van der Waals surface area contributed by atoms with E-state index in [1.807, 2.05) is 6.07 Å². The highest BCUT2D eigenvalue weighted by Gasteiger charge is 2.60. The molecular formula is C27H31NO7. The Labute approximate surface area is 203 Å². The molecule has 8 nitrogen and oxygen atoms in total. The summed E-state index contributed by atoms with van der Waals surface area (Å²) in [5.74, 6) is -5.31. The molecule has 0 heterocycles. The number of hydrogen-bond acceptors (Lipinski definition) is 7. The van der Waals surface area contributed by atoms with Gasteiger partial charge in [0.05, 0.1) is 5.56 Å². The largest absolute Gasteiger partial charge is 0.508 e. The molecule has 0 aliphatic heterocycles. The molecule has 0 aromatic heterocycles. The fourth-order valence-corrected chi connectivity index (χ4v) is 6.76. The standard InChI is InChI=1S/C27H31NO7/c28-26(34)22-19(30)12-16-10-15-11-17-14(7-6-13-4-2-1-3-5-13)8-9-18(29)21(17)23(31)20(15)24(32)27(16,35)25(22)33/h8-9,13,15-16,29,31,33,35H,1-7,10-12H2,(H2,28,34)/t15-,16+,27+/m1/s1. The molecule has 0 radical (unpaired) electrons. The van der Waals surface area contributed by atoms with Crippen LogP contribution in [-0.4, -0.2) is 43.5 Å². The Kier molecular flexibility index (Phi) is 5.74. The van der Waals surface area contributed by atoms with Crippen molar-refractivity contribution in [2.24, 2.45) is 23.5 Å². The van der Waals surface area contributed by atoms with Crippen molar-refractivity contribution >= 4 is 23.2 Å². The molecule has 0 saturated heterocycles. The van der Waals surface area contributed by atoms with Gasteiger partial charge in [-0.3, -0.25) is 14.4 Å². The molecule has 2 saturated carbocycles. The predicted molar refractivity (Wildman–Crippen MR) is 126 cm³/mol. The lowest BCUT2D eigenvalue weighted by atomic mass is 9.59. The molecule has 3 atom stereocenters. The summed E-state index contributed by atoms with van der Waals surface area (Å²) in [4.78, 5) is 37.7. The zero-order chi connectivity index (χ0) is 25.1. The van der Waals surface area contributed by atoms with Crippen LogP contribution in [0.2, 0.25) is 0 Å². The van der Waals surface area contributed by atoms with Gasteiger partial charge >= 0.3 is 0 Å². The molecule has 4 aliphatic rings. The maximum atomic E-state index is 13.5. The first-order valence-electron chi connectivity index (χ1n) is 12.5. The van der Waals surface area contributed by atoms with Gasteiger partial charge in [-0.2, -0.15) is 0 Å². The maximum Gasteiger partial charge on any atom is 0.255 e. The van der Waals surface area contributed by atoms with Gasteiger partial charge in [0.1, 0.15) is 22.8 Å². The number of aliphatic hydroxyl groups excluding tert-OH is 2. The van der Waals surface area contributed by atoms with Crippen molar-refractivity contribution in [1.29, 1.82) is 0 Å². The fourth-order valence-electron chi connectivity index (χ4n) is 6.76. The normalized spacial score (nSPS) is 29.1. The average molecular weight is 482 g/mol. The Morgan fingerprint density at radius 1 is 1.06 bits per heavy atom. The lowest BCUT2D eigenvalue weighted by Crippen LogP contribution is -2.58. The second-order valence-electron chi connectivity index (χ2n) is 10.5. The van der Waals surface area contributed by atoms with E-state index in [4.69, 9.17) is 5.73 Å². The van der Waals surface area contributed by atoms with Crippen molar-refractivity contribution in [3.63, 3.8) is 0 Å².